The molecule has 0 fully saturated rings. The molecule has 1 aromatic carbocycles. The predicted octanol–water partition coefficient (Wildman–Crippen LogP) is 2.91. The molecule has 3 aromatic rings. The van der Waals surface area contributed by atoms with E-state index >= 15 is 0 Å². The van der Waals surface area contributed by atoms with Crippen LogP contribution in [0.25, 0.3) is 22.1 Å². The van der Waals surface area contributed by atoms with Gasteiger partial charge in [-0.15, -0.1) is 10.2 Å². The summed E-state index contributed by atoms with van der Waals surface area (Å²) in [4.78, 5) is 16.0. The van der Waals surface area contributed by atoms with Crippen molar-refractivity contribution in [2.24, 2.45) is 7.05 Å². The van der Waals surface area contributed by atoms with Gasteiger partial charge in [-0.3, -0.25) is 10.1 Å². The van der Waals surface area contributed by atoms with E-state index in [0.29, 0.717) is 22.6 Å². The maximum absolute atomic E-state index is 11.6. The zero-order chi connectivity index (χ0) is 15.0. The van der Waals surface area contributed by atoms with E-state index in [2.05, 4.69) is 20.5 Å². The molecule has 0 unspecified atom stereocenters. The molecule has 0 saturated heterocycles. The first-order valence-corrected chi connectivity index (χ1v) is 7.06. The van der Waals surface area contributed by atoms with Gasteiger partial charge < -0.3 is 4.57 Å². The Morgan fingerprint density at radius 2 is 2.19 bits per heavy atom. The highest BCUT2D eigenvalue weighted by Gasteiger charge is 2.13. The number of nitrogens with one attached hydrogen (secondary N) is 1. The molecule has 3 rings (SSSR count). The molecule has 7 heteroatoms. The Labute approximate surface area is 126 Å². The van der Waals surface area contributed by atoms with Gasteiger partial charge in [-0.25, -0.2) is 0 Å². The smallest absolute Gasteiger partial charge is 0.251 e. The van der Waals surface area contributed by atoms with Crippen LogP contribution in [0.4, 0.5) is 5.95 Å². The number of amides is 1. The van der Waals surface area contributed by atoms with E-state index in [-0.39, 0.29) is 11.9 Å². The van der Waals surface area contributed by atoms with Crippen LogP contribution in [-0.2, 0) is 11.8 Å². The average molecular weight is 304 g/mol. The largest absolute Gasteiger partial charge is 0.327 e. The van der Waals surface area contributed by atoms with Gasteiger partial charge in [0.15, 0.2) is 5.65 Å². The van der Waals surface area contributed by atoms with Gasteiger partial charge in [0.25, 0.3) is 5.95 Å². The lowest BCUT2D eigenvalue weighted by Crippen LogP contribution is -2.14. The lowest BCUT2D eigenvalue weighted by atomic mass is 10.2. The first kappa shape index (κ1) is 13.8. The number of hydrogen-bond acceptors (Lipinski definition) is 4. The number of hydrogen-bond donors (Lipinski definition) is 1. The Morgan fingerprint density at radius 1 is 1.38 bits per heavy atom. The second-order valence-corrected chi connectivity index (χ2v) is 5.26. The van der Waals surface area contributed by atoms with Gasteiger partial charge in [0, 0.05) is 23.9 Å². The molecule has 0 aliphatic rings. The summed E-state index contributed by atoms with van der Waals surface area (Å²) < 4.78 is 1.91. The summed E-state index contributed by atoms with van der Waals surface area (Å²) >= 11 is 6.03. The number of carbonyl (C=O) groups excluding carboxylic acids is 1. The number of fused-ring (bicyclic) bond motifs is 3. The number of aryl methyl sites for hydroxylation is 1. The highest BCUT2D eigenvalue weighted by atomic mass is 35.5. The Bertz CT molecular complexity index is 842. The lowest BCUT2D eigenvalue weighted by molar-refractivity contribution is -0.116. The summed E-state index contributed by atoms with van der Waals surface area (Å²) in [6.45, 7) is 1.94. The van der Waals surface area contributed by atoms with Crippen molar-refractivity contribution in [2.45, 2.75) is 19.8 Å². The number of halogens is 1. The predicted molar refractivity (Wildman–Crippen MR) is 82.4 cm³/mol. The second kappa shape index (κ2) is 5.29. The van der Waals surface area contributed by atoms with E-state index in [1.807, 2.05) is 36.7 Å². The summed E-state index contributed by atoms with van der Waals surface area (Å²) in [5.41, 5.74) is 2.30. The molecule has 0 saturated carbocycles. The number of rotatable bonds is 3. The van der Waals surface area contributed by atoms with Crippen LogP contribution in [0.3, 0.4) is 0 Å². The second-order valence-electron chi connectivity index (χ2n) is 4.83. The molecule has 0 spiro atoms. The molecule has 1 amide bonds. The van der Waals surface area contributed by atoms with Crippen molar-refractivity contribution in [2.75, 3.05) is 5.32 Å². The maximum atomic E-state index is 11.6. The van der Waals surface area contributed by atoms with Crippen LogP contribution in [0, 0.1) is 0 Å². The third kappa shape index (κ3) is 2.42. The molecule has 0 bridgehead atoms. The summed E-state index contributed by atoms with van der Waals surface area (Å²) in [5.74, 6) is 0.110. The maximum Gasteiger partial charge on any atom is 0.251 e. The molecule has 108 valence electrons. The van der Waals surface area contributed by atoms with Crippen molar-refractivity contribution in [3.8, 4) is 0 Å². The molecule has 1 N–H and O–H groups in total. The summed E-state index contributed by atoms with van der Waals surface area (Å²) in [5, 5.41) is 12.3. The SMILES string of the molecule is CCCC(=O)Nc1nnc2c3cc(Cl)ccc3n(C)c2n1. The molecule has 0 aliphatic heterocycles. The van der Waals surface area contributed by atoms with Gasteiger partial charge in [-0.05, 0) is 24.6 Å². The standard InChI is InChI=1S/C14H14ClN5O/c1-3-4-11(21)16-14-17-13-12(18-19-14)9-7-8(15)5-6-10(9)20(13)2/h5-7H,3-4H2,1-2H3,(H,16,17,19,21). The van der Waals surface area contributed by atoms with Crippen molar-refractivity contribution in [1.82, 2.24) is 19.7 Å². The van der Waals surface area contributed by atoms with Crippen LogP contribution in [-0.4, -0.2) is 25.7 Å². The van der Waals surface area contributed by atoms with Crippen LogP contribution >= 0.6 is 11.6 Å². The number of anilines is 1. The molecule has 2 heterocycles. The first-order valence-electron chi connectivity index (χ1n) is 6.68. The summed E-state index contributed by atoms with van der Waals surface area (Å²) in [7, 11) is 1.89. The fraction of sp³-hybridized carbons (Fsp3) is 0.286. The molecule has 0 aliphatic carbocycles. The quantitative estimate of drug-likeness (QED) is 0.807. The summed E-state index contributed by atoms with van der Waals surface area (Å²) in [6, 6.07) is 5.57. The van der Waals surface area contributed by atoms with Crippen molar-refractivity contribution in [3.63, 3.8) is 0 Å². The molecule has 6 nitrogen and oxygen atoms in total. The van der Waals surface area contributed by atoms with Gasteiger partial charge in [0.1, 0.15) is 5.52 Å². The van der Waals surface area contributed by atoms with Gasteiger partial charge in [0.2, 0.25) is 5.91 Å². The molecular weight excluding hydrogens is 290 g/mol. The zero-order valence-electron chi connectivity index (χ0n) is 11.7. The van der Waals surface area contributed by atoms with Crippen molar-refractivity contribution in [1.29, 1.82) is 0 Å². The van der Waals surface area contributed by atoms with Gasteiger partial charge in [-0.1, -0.05) is 18.5 Å². The van der Waals surface area contributed by atoms with Gasteiger partial charge in [0.05, 0.1) is 5.52 Å². The van der Waals surface area contributed by atoms with E-state index in [1.54, 1.807) is 0 Å². The highest BCUT2D eigenvalue weighted by molar-refractivity contribution is 6.31. The normalized spacial score (nSPS) is 11.2. The molecular formula is C14H14ClN5O. The minimum Gasteiger partial charge on any atom is -0.327 e. The van der Waals surface area contributed by atoms with Crippen molar-refractivity contribution in [3.05, 3.63) is 23.2 Å². The lowest BCUT2D eigenvalue weighted by Gasteiger charge is -2.02. The molecule has 2 aromatic heterocycles. The van der Waals surface area contributed by atoms with Crippen LogP contribution in [0.5, 0.6) is 0 Å². The Hall–Kier alpha value is -2.21. The summed E-state index contributed by atoms with van der Waals surface area (Å²) in [6.07, 6.45) is 1.21. The van der Waals surface area contributed by atoms with E-state index < -0.39 is 0 Å². The van der Waals surface area contributed by atoms with Crippen LogP contribution in [0.1, 0.15) is 19.8 Å². The molecule has 0 radical (unpaired) electrons. The van der Waals surface area contributed by atoms with Crippen LogP contribution in [0.15, 0.2) is 18.2 Å². The van der Waals surface area contributed by atoms with Crippen LogP contribution in [0.2, 0.25) is 5.02 Å². The van der Waals surface area contributed by atoms with E-state index in [0.717, 1.165) is 17.3 Å². The van der Waals surface area contributed by atoms with Gasteiger partial charge >= 0.3 is 0 Å². The third-order valence-electron chi connectivity index (χ3n) is 3.29. The van der Waals surface area contributed by atoms with E-state index in [1.165, 1.54) is 0 Å². The Balaban J connectivity index is 2.11. The first-order chi connectivity index (χ1) is 10.1. The Morgan fingerprint density at radius 3 is 2.95 bits per heavy atom. The fourth-order valence-electron chi connectivity index (χ4n) is 2.30. The van der Waals surface area contributed by atoms with E-state index in [4.69, 9.17) is 11.6 Å². The van der Waals surface area contributed by atoms with Crippen molar-refractivity contribution < 1.29 is 4.79 Å². The highest BCUT2D eigenvalue weighted by Crippen LogP contribution is 2.27. The number of nitrogens with zero attached hydrogens (tertiary/aromatic N) is 4. The fourth-order valence-corrected chi connectivity index (χ4v) is 2.47. The topological polar surface area (TPSA) is 72.7 Å². The van der Waals surface area contributed by atoms with Crippen LogP contribution < -0.4 is 5.32 Å². The average Bonchev–Trinajstić information content (AvgIpc) is 2.72. The third-order valence-corrected chi connectivity index (χ3v) is 3.52. The van der Waals surface area contributed by atoms with Crippen molar-refractivity contribution >= 4 is 45.5 Å². The van der Waals surface area contributed by atoms with E-state index in [9.17, 15) is 4.79 Å². The Kier molecular flexibility index (Phi) is 3.47. The monoisotopic (exact) mass is 303 g/mol. The van der Waals surface area contributed by atoms with Gasteiger partial charge in [-0.2, -0.15) is 4.98 Å². The minimum atomic E-state index is -0.111. The number of aromatic nitrogens is 4. The number of benzene rings is 1. The molecule has 0 atom stereocenters. The zero-order valence-corrected chi connectivity index (χ0v) is 12.5. The molecule has 21 heavy (non-hydrogen) atoms. The number of carbonyl (C=O) groups is 1. The minimum absolute atomic E-state index is 0.111.